The lowest BCUT2D eigenvalue weighted by Crippen LogP contribution is -2.26. The van der Waals surface area contributed by atoms with Gasteiger partial charge in [-0.1, -0.05) is 0 Å². The first-order valence-corrected chi connectivity index (χ1v) is 10.6. The SMILES string of the molecule is CC(C)OC(C)(C)c1csc(NC(=O)c2cccn2Cc2ccncc2Br)n1. The largest absolute Gasteiger partial charge is 0.367 e. The number of hydrogen-bond donors (Lipinski definition) is 1. The molecule has 1 amide bonds. The molecule has 148 valence electrons. The van der Waals surface area contributed by atoms with Crippen LogP contribution in [0.2, 0.25) is 0 Å². The number of nitrogens with one attached hydrogen (secondary N) is 1. The lowest BCUT2D eigenvalue weighted by Gasteiger charge is -2.25. The maximum absolute atomic E-state index is 12.8. The van der Waals surface area contributed by atoms with E-state index in [1.54, 1.807) is 18.5 Å². The fourth-order valence-corrected chi connectivity index (χ4v) is 4.13. The van der Waals surface area contributed by atoms with Gasteiger partial charge in [0.1, 0.15) is 11.3 Å². The highest BCUT2D eigenvalue weighted by Gasteiger charge is 2.26. The Labute approximate surface area is 177 Å². The van der Waals surface area contributed by atoms with Crippen LogP contribution in [0.15, 0.2) is 46.6 Å². The van der Waals surface area contributed by atoms with Gasteiger partial charge in [0.2, 0.25) is 0 Å². The van der Waals surface area contributed by atoms with E-state index < -0.39 is 5.60 Å². The zero-order valence-electron chi connectivity index (χ0n) is 16.3. The topological polar surface area (TPSA) is 69.0 Å². The average molecular weight is 463 g/mol. The molecule has 0 radical (unpaired) electrons. The Balaban J connectivity index is 1.73. The first kappa shape index (κ1) is 20.7. The van der Waals surface area contributed by atoms with Crippen molar-refractivity contribution in [2.75, 3.05) is 5.32 Å². The minimum atomic E-state index is -0.512. The monoisotopic (exact) mass is 462 g/mol. The van der Waals surface area contributed by atoms with Crippen LogP contribution in [0, 0.1) is 0 Å². The molecule has 8 heteroatoms. The molecule has 0 fully saturated rings. The summed E-state index contributed by atoms with van der Waals surface area (Å²) in [5.74, 6) is -0.196. The van der Waals surface area contributed by atoms with E-state index in [9.17, 15) is 4.79 Å². The van der Waals surface area contributed by atoms with E-state index in [0.29, 0.717) is 17.4 Å². The second kappa shape index (κ2) is 8.55. The molecule has 0 spiro atoms. The Hall–Kier alpha value is -2.03. The number of ether oxygens (including phenoxy) is 1. The lowest BCUT2D eigenvalue weighted by molar-refractivity contribution is -0.0623. The predicted octanol–water partition coefficient (Wildman–Crippen LogP) is 5.06. The molecule has 0 bridgehead atoms. The van der Waals surface area contributed by atoms with Crippen LogP contribution in [0.1, 0.15) is 49.4 Å². The van der Waals surface area contributed by atoms with Gasteiger partial charge in [-0.15, -0.1) is 11.3 Å². The normalized spacial score (nSPS) is 11.8. The number of carbonyl (C=O) groups is 1. The van der Waals surface area contributed by atoms with Gasteiger partial charge in [-0.25, -0.2) is 4.98 Å². The van der Waals surface area contributed by atoms with Crippen LogP contribution in [0.3, 0.4) is 0 Å². The summed E-state index contributed by atoms with van der Waals surface area (Å²) in [6.07, 6.45) is 5.46. The van der Waals surface area contributed by atoms with Crippen molar-refractivity contribution in [1.29, 1.82) is 0 Å². The molecule has 6 nitrogen and oxygen atoms in total. The number of carbonyl (C=O) groups excluding carboxylic acids is 1. The summed E-state index contributed by atoms with van der Waals surface area (Å²) >= 11 is 4.89. The minimum Gasteiger partial charge on any atom is -0.367 e. The second-order valence-electron chi connectivity index (χ2n) is 7.16. The van der Waals surface area contributed by atoms with Crippen molar-refractivity contribution in [3.63, 3.8) is 0 Å². The van der Waals surface area contributed by atoms with E-state index in [2.05, 4.69) is 31.2 Å². The molecule has 3 rings (SSSR count). The highest BCUT2D eigenvalue weighted by molar-refractivity contribution is 9.10. The van der Waals surface area contributed by atoms with Crippen LogP contribution in [0.25, 0.3) is 0 Å². The number of hydrogen-bond acceptors (Lipinski definition) is 5. The molecule has 0 saturated heterocycles. The number of halogens is 1. The first-order chi connectivity index (χ1) is 13.3. The summed E-state index contributed by atoms with van der Waals surface area (Å²) in [5.41, 5.74) is 1.90. The fraction of sp³-hybridized carbons (Fsp3) is 0.350. The van der Waals surface area contributed by atoms with E-state index in [-0.39, 0.29) is 12.0 Å². The predicted molar refractivity (Wildman–Crippen MR) is 115 cm³/mol. The number of nitrogens with zero attached hydrogens (tertiary/aromatic N) is 3. The van der Waals surface area contributed by atoms with E-state index in [4.69, 9.17) is 4.74 Å². The quantitative estimate of drug-likeness (QED) is 0.532. The molecule has 0 aromatic carbocycles. The van der Waals surface area contributed by atoms with Gasteiger partial charge >= 0.3 is 0 Å². The van der Waals surface area contributed by atoms with Crippen LogP contribution >= 0.6 is 27.3 Å². The van der Waals surface area contributed by atoms with Crippen molar-refractivity contribution in [1.82, 2.24) is 14.5 Å². The van der Waals surface area contributed by atoms with Gasteiger partial charge in [-0.05, 0) is 67.4 Å². The van der Waals surface area contributed by atoms with Gasteiger partial charge < -0.3 is 9.30 Å². The zero-order valence-corrected chi connectivity index (χ0v) is 18.7. The average Bonchev–Trinajstić information content (AvgIpc) is 3.25. The van der Waals surface area contributed by atoms with Crippen LogP contribution < -0.4 is 5.32 Å². The van der Waals surface area contributed by atoms with Crippen LogP contribution in [-0.4, -0.2) is 26.5 Å². The number of aromatic nitrogens is 3. The number of pyridine rings is 1. The highest BCUT2D eigenvalue weighted by Crippen LogP contribution is 2.29. The Morgan fingerprint density at radius 3 is 2.89 bits per heavy atom. The Morgan fingerprint density at radius 2 is 2.18 bits per heavy atom. The molecule has 0 aliphatic carbocycles. The number of amides is 1. The van der Waals surface area contributed by atoms with Crippen LogP contribution in [0.5, 0.6) is 0 Å². The summed E-state index contributed by atoms with van der Waals surface area (Å²) in [7, 11) is 0. The lowest BCUT2D eigenvalue weighted by atomic mass is 10.1. The zero-order chi connectivity index (χ0) is 20.3. The van der Waals surface area contributed by atoms with E-state index in [1.165, 1.54) is 11.3 Å². The molecule has 1 N–H and O–H groups in total. The van der Waals surface area contributed by atoms with Crippen molar-refractivity contribution >= 4 is 38.3 Å². The van der Waals surface area contributed by atoms with Gasteiger partial charge in [-0.3, -0.25) is 15.1 Å². The molecule has 0 saturated carbocycles. The summed E-state index contributed by atoms with van der Waals surface area (Å²) in [6, 6.07) is 5.58. The molecule has 28 heavy (non-hydrogen) atoms. The number of thiazole rings is 1. The van der Waals surface area contributed by atoms with Crippen molar-refractivity contribution < 1.29 is 9.53 Å². The summed E-state index contributed by atoms with van der Waals surface area (Å²) in [6.45, 7) is 8.51. The summed E-state index contributed by atoms with van der Waals surface area (Å²) in [4.78, 5) is 21.4. The Bertz CT molecular complexity index is 965. The van der Waals surface area contributed by atoms with E-state index in [0.717, 1.165) is 15.7 Å². The fourth-order valence-electron chi connectivity index (χ4n) is 2.89. The van der Waals surface area contributed by atoms with Gasteiger partial charge in [-0.2, -0.15) is 0 Å². The molecule has 0 unspecified atom stereocenters. The van der Waals surface area contributed by atoms with Crippen LogP contribution in [0.4, 0.5) is 5.13 Å². The Morgan fingerprint density at radius 1 is 1.39 bits per heavy atom. The van der Waals surface area contributed by atoms with Crippen molar-refractivity contribution in [2.45, 2.75) is 45.9 Å². The third-order valence-corrected chi connectivity index (χ3v) is 5.60. The van der Waals surface area contributed by atoms with Gasteiger partial charge in [0, 0.05) is 35.0 Å². The molecule has 3 heterocycles. The summed E-state index contributed by atoms with van der Waals surface area (Å²) < 4.78 is 8.74. The van der Waals surface area contributed by atoms with Gasteiger partial charge in [0.05, 0.1) is 11.8 Å². The molecule has 0 aliphatic heterocycles. The molecular weight excluding hydrogens is 440 g/mol. The van der Waals surface area contributed by atoms with Crippen molar-refractivity contribution in [3.05, 3.63) is 63.6 Å². The highest BCUT2D eigenvalue weighted by atomic mass is 79.9. The van der Waals surface area contributed by atoms with Gasteiger partial charge in [0.15, 0.2) is 5.13 Å². The van der Waals surface area contributed by atoms with Crippen LogP contribution in [-0.2, 0) is 16.9 Å². The molecular formula is C20H23BrN4O2S. The van der Waals surface area contributed by atoms with E-state index in [1.807, 2.05) is 56.0 Å². The molecule has 0 atom stereocenters. The maximum Gasteiger partial charge on any atom is 0.274 e. The first-order valence-electron chi connectivity index (χ1n) is 8.95. The van der Waals surface area contributed by atoms with E-state index >= 15 is 0 Å². The smallest absolute Gasteiger partial charge is 0.274 e. The third kappa shape index (κ3) is 4.87. The molecule has 3 aromatic heterocycles. The van der Waals surface area contributed by atoms with Gasteiger partial charge in [0.25, 0.3) is 5.91 Å². The van der Waals surface area contributed by atoms with Crippen molar-refractivity contribution in [3.8, 4) is 0 Å². The second-order valence-corrected chi connectivity index (χ2v) is 8.87. The van der Waals surface area contributed by atoms with Crippen molar-refractivity contribution in [2.24, 2.45) is 0 Å². The minimum absolute atomic E-state index is 0.0885. The molecule has 0 aliphatic rings. The summed E-state index contributed by atoms with van der Waals surface area (Å²) in [5, 5.41) is 5.37. The third-order valence-electron chi connectivity index (χ3n) is 4.13. The maximum atomic E-state index is 12.8. The Kier molecular flexibility index (Phi) is 6.32. The number of rotatable bonds is 7. The number of anilines is 1. The molecule has 3 aromatic rings. The standard InChI is InChI=1S/C20H23BrN4O2S/c1-13(2)27-20(3,4)17-12-28-19(23-17)24-18(26)16-6-5-9-25(16)11-14-7-8-22-10-15(14)21/h5-10,12-13H,11H2,1-4H3,(H,23,24,26).